The zero-order chi connectivity index (χ0) is 21.4. The molecule has 144 valence electrons. The van der Waals surface area contributed by atoms with Crippen LogP contribution in [-0.2, 0) is 10.8 Å². The lowest BCUT2D eigenvalue weighted by atomic mass is 9.73. The molecule has 27 heavy (non-hydrogen) atoms. The van der Waals surface area contributed by atoms with Crippen LogP contribution in [0, 0.1) is 5.41 Å². The second-order valence-electron chi connectivity index (χ2n) is 10.8. The van der Waals surface area contributed by atoms with Gasteiger partial charge >= 0.3 is 0 Å². The molecule has 0 saturated carbocycles. The van der Waals surface area contributed by atoms with Gasteiger partial charge in [-0.15, -0.1) is 0 Å². The summed E-state index contributed by atoms with van der Waals surface area (Å²) < 4.78 is 8.86. The lowest BCUT2D eigenvalue weighted by Gasteiger charge is -2.30. The molecule has 2 heteroatoms. The predicted octanol–water partition coefficient (Wildman–Crippen LogP) is 6.77. The van der Waals surface area contributed by atoms with Gasteiger partial charge in [-0.25, -0.2) is 0 Å². The van der Waals surface area contributed by atoms with E-state index in [0.29, 0.717) is 21.9 Å². The Balaban J connectivity index is 2.59. The normalized spacial score (nSPS) is 15.8. The summed E-state index contributed by atoms with van der Waals surface area (Å²) in [5.41, 5.74) is 2.83. The van der Waals surface area contributed by atoms with Gasteiger partial charge in [0.2, 0.25) is 0 Å². The van der Waals surface area contributed by atoms with E-state index in [9.17, 15) is 9.90 Å². The summed E-state index contributed by atoms with van der Waals surface area (Å²) >= 11 is 0. The number of aromatic hydroxyl groups is 1. The third-order valence-corrected chi connectivity index (χ3v) is 5.36. The first-order valence-electron chi connectivity index (χ1n) is 10.2. The summed E-state index contributed by atoms with van der Waals surface area (Å²) in [5.74, 6) is 0.127. The fraction of sp³-hybridized carbons (Fsp3) is 0.480. The highest BCUT2D eigenvalue weighted by Crippen LogP contribution is 2.46. The maximum atomic E-state index is 13.5. The number of allylic oxidation sites excluding steroid dienone is 1. The summed E-state index contributed by atoms with van der Waals surface area (Å²) in [6.07, 6.45) is 1.96. The van der Waals surface area contributed by atoms with Gasteiger partial charge in [0.05, 0.1) is 1.37 Å². The largest absolute Gasteiger partial charge is 0.507 e. The van der Waals surface area contributed by atoms with Crippen molar-refractivity contribution in [1.82, 2.24) is 0 Å². The number of phenolic OH excluding ortho intramolecular Hbond substituents is 1. The minimum atomic E-state index is -0.328. The lowest BCUT2D eigenvalue weighted by Crippen LogP contribution is -2.22. The van der Waals surface area contributed by atoms with Crippen LogP contribution >= 0.6 is 0 Å². The molecule has 0 saturated heterocycles. The second kappa shape index (κ2) is 5.70. The molecule has 0 atom stereocenters. The molecule has 0 bridgehead atoms. The number of rotatable bonds is 0. The minimum absolute atomic E-state index is 0.0935. The topological polar surface area (TPSA) is 37.3 Å². The van der Waals surface area contributed by atoms with E-state index < -0.39 is 0 Å². The Kier molecular flexibility index (Phi) is 3.86. The zero-order valence-corrected chi connectivity index (χ0v) is 18.1. The van der Waals surface area contributed by atoms with Crippen molar-refractivity contribution in [2.45, 2.75) is 73.1 Å². The summed E-state index contributed by atoms with van der Waals surface area (Å²) in [4.78, 5) is 13.5. The van der Waals surface area contributed by atoms with Crippen LogP contribution in [0.4, 0.5) is 0 Å². The first kappa shape index (κ1) is 18.3. The summed E-state index contributed by atoms with van der Waals surface area (Å²) in [5, 5.41) is 12.5. The summed E-state index contributed by atoms with van der Waals surface area (Å²) in [6, 6.07) is 4.19. The van der Waals surface area contributed by atoms with Crippen molar-refractivity contribution in [3.05, 3.63) is 46.0 Å². The van der Waals surface area contributed by atoms with E-state index in [0.717, 1.165) is 16.7 Å². The first-order valence-corrected chi connectivity index (χ1v) is 9.66. The van der Waals surface area contributed by atoms with Crippen LogP contribution < -0.4 is 0 Å². The molecule has 2 aromatic carbocycles. The van der Waals surface area contributed by atoms with Crippen molar-refractivity contribution >= 4 is 22.6 Å². The molecule has 0 heterocycles. The quantitative estimate of drug-likeness (QED) is 0.559. The molecule has 0 aliphatic heterocycles. The van der Waals surface area contributed by atoms with Gasteiger partial charge in [0.1, 0.15) is 5.75 Å². The smallest absolute Gasteiger partial charge is 0.190 e. The molecular weight excluding hydrogens is 332 g/mol. The molecule has 1 aliphatic carbocycles. The van der Waals surface area contributed by atoms with E-state index >= 15 is 0 Å². The minimum Gasteiger partial charge on any atom is -0.507 e. The molecule has 1 N–H and O–H groups in total. The standard InChI is InChI=1S/C25H32O2/c1-23(2,3)15-12-16-20-14(10-18(21(16)26)24(4,5)6)11-19(25(7,8)9)22(27)17(20)13-15/h10-13,26H,1-9H3/i13D. The molecule has 0 amide bonds. The Morgan fingerprint density at radius 1 is 0.889 bits per heavy atom. The van der Waals surface area contributed by atoms with Crippen LogP contribution in [0.3, 0.4) is 0 Å². The highest BCUT2D eigenvalue weighted by atomic mass is 16.3. The van der Waals surface area contributed by atoms with Gasteiger partial charge < -0.3 is 5.11 Å². The summed E-state index contributed by atoms with van der Waals surface area (Å²) in [7, 11) is 0. The van der Waals surface area contributed by atoms with Gasteiger partial charge in [0.25, 0.3) is 0 Å². The Labute approximate surface area is 164 Å². The maximum Gasteiger partial charge on any atom is 0.190 e. The number of phenols is 1. The highest BCUT2D eigenvalue weighted by molar-refractivity contribution is 6.24. The van der Waals surface area contributed by atoms with Gasteiger partial charge in [-0.2, -0.15) is 0 Å². The van der Waals surface area contributed by atoms with Gasteiger partial charge in [-0.05, 0) is 51.6 Å². The molecule has 2 nitrogen and oxygen atoms in total. The molecular formula is C25H32O2. The van der Waals surface area contributed by atoms with Crippen molar-refractivity contribution in [3.8, 4) is 5.75 Å². The van der Waals surface area contributed by atoms with E-state index in [1.807, 2.05) is 59.8 Å². The molecule has 2 aromatic rings. The lowest BCUT2D eigenvalue weighted by molar-refractivity contribution is 0.101. The molecule has 1 aliphatic rings. The molecule has 0 aromatic heterocycles. The molecule has 0 fully saturated rings. The average molecular weight is 366 g/mol. The number of carbonyl (C=O) groups is 1. The molecule has 0 radical (unpaired) electrons. The van der Waals surface area contributed by atoms with Crippen molar-refractivity contribution in [2.24, 2.45) is 5.41 Å². The van der Waals surface area contributed by atoms with Crippen molar-refractivity contribution in [1.29, 1.82) is 0 Å². The third kappa shape index (κ3) is 3.20. The van der Waals surface area contributed by atoms with Gasteiger partial charge in [-0.3, -0.25) is 4.79 Å². The average Bonchev–Trinajstić information content (AvgIpc) is 2.49. The summed E-state index contributed by atoms with van der Waals surface area (Å²) in [6.45, 7) is 18.4. The number of hydrogen-bond donors (Lipinski definition) is 1. The van der Waals surface area contributed by atoms with Crippen LogP contribution in [-0.4, -0.2) is 10.9 Å². The van der Waals surface area contributed by atoms with Crippen molar-refractivity contribution in [3.63, 3.8) is 0 Å². The van der Waals surface area contributed by atoms with Crippen molar-refractivity contribution < 1.29 is 11.3 Å². The fourth-order valence-corrected chi connectivity index (χ4v) is 3.68. The van der Waals surface area contributed by atoms with Crippen LogP contribution in [0.2, 0.25) is 0 Å². The van der Waals surface area contributed by atoms with Gasteiger partial charge in [0.15, 0.2) is 5.78 Å². The number of benzene rings is 2. The fourth-order valence-electron chi connectivity index (χ4n) is 3.68. The number of ketones is 1. The van der Waals surface area contributed by atoms with E-state index in [4.69, 9.17) is 1.37 Å². The van der Waals surface area contributed by atoms with Gasteiger partial charge in [-0.1, -0.05) is 62.3 Å². The number of Topliss-reactive ketones (excluding diaryl/α,β-unsaturated/α-hetero) is 1. The molecule has 0 unspecified atom stereocenters. The van der Waals surface area contributed by atoms with E-state index in [2.05, 4.69) is 20.8 Å². The van der Waals surface area contributed by atoms with Crippen LogP contribution in [0.5, 0.6) is 5.75 Å². The predicted molar refractivity (Wildman–Crippen MR) is 115 cm³/mol. The van der Waals surface area contributed by atoms with Crippen LogP contribution in [0.1, 0.15) is 90.7 Å². The number of carbonyl (C=O) groups excluding carboxylic acids is 1. The molecule has 0 spiro atoms. The monoisotopic (exact) mass is 365 g/mol. The van der Waals surface area contributed by atoms with E-state index in [1.54, 1.807) is 0 Å². The Hall–Kier alpha value is -2.09. The first-order chi connectivity index (χ1) is 12.5. The molecule has 3 rings (SSSR count). The number of hydrogen-bond acceptors (Lipinski definition) is 2. The Morgan fingerprint density at radius 3 is 1.96 bits per heavy atom. The van der Waals surface area contributed by atoms with E-state index in [-0.39, 0.29) is 33.8 Å². The van der Waals surface area contributed by atoms with E-state index in [1.165, 1.54) is 0 Å². The highest BCUT2D eigenvalue weighted by Gasteiger charge is 2.33. The van der Waals surface area contributed by atoms with Crippen molar-refractivity contribution in [2.75, 3.05) is 0 Å². The Morgan fingerprint density at radius 2 is 1.48 bits per heavy atom. The maximum absolute atomic E-state index is 13.5. The van der Waals surface area contributed by atoms with Gasteiger partial charge in [0, 0.05) is 27.5 Å². The van der Waals surface area contributed by atoms with Crippen LogP contribution in [0.15, 0.2) is 23.7 Å². The second-order valence-corrected chi connectivity index (χ2v) is 10.8. The Bertz CT molecular complexity index is 1040. The van der Waals surface area contributed by atoms with Crippen LogP contribution in [0.25, 0.3) is 16.8 Å². The third-order valence-electron chi connectivity index (χ3n) is 5.36. The zero-order valence-electron chi connectivity index (χ0n) is 19.1. The SMILES string of the molecule is [2H]c1c(C(C)(C)C)cc2c(O)c(C(C)(C)C)cc3c2c1C(=O)C(C(C)(C)C)=C3.